The average molecular weight is 388 g/mol. The highest BCUT2D eigenvalue weighted by Crippen LogP contribution is 2.25. The molecule has 2 unspecified atom stereocenters. The predicted molar refractivity (Wildman–Crippen MR) is 103 cm³/mol. The van der Waals surface area contributed by atoms with E-state index in [1.165, 1.54) is 6.26 Å². The molecule has 1 amide bonds. The Labute approximate surface area is 159 Å². The molecule has 2 aromatic carbocycles. The van der Waals surface area contributed by atoms with Gasteiger partial charge in [-0.2, -0.15) is 0 Å². The molecule has 0 saturated carbocycles. The fourth-order valence-corrected chi connectivity index (χ4v) is 3.69. The molecule has 0 radical (unpaired) electrons. The molecule has 0 aromatic heterocycles. The summed E-state index contributed by atoms with van der Waals surface area (Å²) in [6.07, 6.45) is 0.609. The molecule has 2 aromatic rings. The fourth-order valence-electron chi connectivity index (χ4n) is 3.01. The summed E-state index contributed by atoms with van der Waals surface area (Å²) in [5.41, 5.74) is 2.69. The third kappa shape index (κ3) is 4.94. The predicted octanol–water partition coefficient (Wildman–Crippen LogP) is 1.59. The van der Waals surface area contributed by atoms with Gasteiger partial charge in [0.05, 0.1) is 17.5 Å². The van der Waals surface area contributed by atoms with Crippen LogP contribution < -0.4 is 10.6 Å². The molecule has 1 heterocycles. The number of hydrogen-bond acceptors (Lipinski definition) is 5. The van der Waals surface area contributed by atoms with Gasteiger partial charge in [0, 0.05) is 19.3 Å². The number of hydrogen-bond donors (Lipinski definition) is 2. The van der Waals surface area contributed by atoms with Crippen molar-refractivity contribution in [2.24, 2.45) is 0 Å². The van der Waals surface area contributed by atoms with Crippen molar-refractivity contribution >= 4 is 15.7 Å². The first-order chi connectivity index (χ1) is 12.8. The highest BCUT2D eigenvalue weighted by Gasteiger charge is 2.26. The van der Waals surface area contributed by atoms with Crippen LogP contribution >= 0.6 is 0 Å². The first-order valence-corrected chi connectivity index (χ1v) is 10.7. The molecule has 27 heavy (non-hydrogen) atoms. The highest BCUT2D eigenvalue weighted by atomic mass is 32.2. The summed E-state index contributed by atoms with van der Waals surface area (Å²) in [6.45, 7) is 3.65. The molecule has 0 spiro atoms. The lowest BCUT2D eigenvalue weighted by Gasteiger charge is -2.26. The Kier molecular flexibility index (Phi) is 5.94. The monoisotopic (exact) mass is 388 g/mol. The Morgan fingerprint density at radius 3 is 2.56 bits per heavy atom. The number of carbonyl (C=O) groups excluding carboxylic acids is 1. The van der Waals surface area contributed by atoms with Crippen LogP contribution in [0.3, 0.4) is 0 Å². The van der Waals surface area contributed by atoms with Gasteiger partial charge in [0.15, 0.2) is 9.84 Å². The Morgan fingerprint density at radius 1 is 1.19 bits per heavy atom. The van der Waals surface area contributed by atoms with E-state index in [9.17, 15) is 13.2 Å². The Morgan fingerprint density at radius 2 is 1.93 bits per heavy atom. The van der Waals surface area contributed by atoms with Crippen molar-refractivity contribution in [3.8, 4) is 0 Å². The normalized spacial score (nSPS) is 18.7. The molecule has 6 nitrogen and oxygen atoms in total. The molecule has 2 atom stereocenters. The number of amides is 1. The minimum atomic E-state index is -3.34. The van der Waals surface area contributed by atoms with Crippen LogP contribution in [-0.2, 0) is 19.4 Å². The molecule has 1 saturated heterocycles. The van der Waals surface area contributed by atoms with Crippen molar-refractivity contribution in [3.63, 3.8) is 0 Å². The quantitative estimate of drug-likeness (QED) is 0.813. The van der Waals surface area contributed by atoms with Gasteiger partial charge in [0.2, 0.25) is 0 Å². The number of ether oxygens (including phenoxy) is 1. The molecule has 1 aliphatic rings. The first kappa shape index (κ1) is 19.5. The van der Waals surface area contributed by atoms with Crippen molar-refractivity contribution in [3.05, 3.63) is 65.2 Å². The Hall–Kier alpha value is -2.22. The van der Waals surface area contributed by atoms with Gasteiger partial charge >= 0.3 is 0 Å². The van der Waals surface area contributed by atoms with Crippen LogP contribution in [0, 0.1) is 6.92 Å². The van der Waals surface area contributed by atoms with E-state index < -0.39 is 22.0 Å². The van der Waals surface area contributed by atoms with Crippen molar-refractivity contribution < 1.29 is 17.9 Å². The largest absolute Gasteiger partial charge is 0.366 e. The fraction of sp³-hybridized carbons (Fsp3) is 0.350. The lowest BCUT2D eigenvalue weighted by atomic mass is 9.97. The van der Waals surface area contributed by atoms with Crippen LogP contribution in [0.15, 0.2) is 53.4 Å². The third-order valence-electron chi connectivity index (χ3n) is 4.54. The second-order valence-electron chi connectivity index (χ2n) is 6.76. The summed E-state index contributed by atoms with van der Waals surface area (Å²) in [4.78, 5) is 12.9. The summed E-state index contributed by atoms with van der Waals surface area (Å²) >= 11 is 0. The number of aryl methyl sites for hydroxylation is 1. The zero-order valence-electron chi connectivity index (χ0n) is 15.4. The lowest BCUT2D eigenvalue weighted by molar-refractivity contribution is -0.134. The molecule has 1 fully saturated rings. The van der Waals surface area contributed by atoms with Crippen LogP contribution in [0.2, 0.25) is 0 Å². The summed E-state index contributed by atoms with van der Waals surface area (Å²) in [5, 5.41) is 6.16. The van der Waals surface area contributed by atoms with Crippen molar-refractivity contribution in [2.75, 3.05) is 26.0 Å². The van der Waals surface area contributed by atoms with Crippen LogP contribution in [0.4, 0.5) is 0 Å². The zero-order chi connectivity index (χ0) is 19.4. The molecule has 144 valence electrons. The zero-order valence-corrected chi connectivity index (χ0v) is 16.3. The second kappa shape index (κ2) is 8.21. The Balaban J connectivity index is 1.95. The van der Waals surface area contributed by atoms with Gasteiger partial charge in [-0.15, -0.1) is 0 Å². The molecule has 3 rings (SSSR count). The minimum Gasteiger partial charge on any atom is -0.366 e. The topological polar surface area (TPSA) is 84.5 Å². The number of nitrogens with one attached hydrogen (secondary N) is 2. The maximum absolute atomic E-state index is 12.7. The van der Waals surface area contributed by atoms with Crippen LogP contribution in [0.25, 0.3) is 0 Å². The maximum atomic E-state index is 12.7. The average Bonchev–Trinajstić information content (AvgIpc) is 2.67. The second-order valence-corrected chi connectivity index (χ2v) is 8.78. The number of benzene rings is 2. The van der Waals surface area contributed by atoms with Gasteiger partial charge in [0.25, 0.3) is 5.91 Å². The molecule has 7 heteroatoms. The summed E-state index contributed by atoms with van der Waals surface area (Å²) in [7, 11) is -3.34. The van der Waals surface area contributed by atoms with Gasteiger partial charge < -0.3 is 15.4 Å². The van der Waals surface area contributed by atoms with E-state index in [0.29, 0.717) is 18.7 Å². The van der Waals surface area contributed by atoms with Crippen LogP contribution in [-0.4, -0.2) is 46.4 Å². The molecular formula is C20H24N2O4S. The molecule has 0 aliphatic carbocycles. The summed E-state index contributed by atoms with van der Waals surface area (Å²) in [5.74, 6) is -0.225. The lowest BCUT2D eigenvalue weighted by Crippen LogP contribution is -2.48. The van der Waals surface area contributed by atoms with Gasteiger partial charge in [-0.1, -0.05) is 42.0 Å². The molecule has 1 aliphatic heterocycles. The van der Waals surface area contributed by atoms with E-state index in [2.05, 4.69) is 10.6 Å². The van der Waals surface area contributed by atoms with Gasteiger partial charge in [-0.25, -0.2) is 8.42 Å². The van der Waals surface area contributed by atoms with E-state index in [1.54, 1.807) is 18.2 Å². The third-order valence-corrected chi connectivity index (χ3v) is 5.65. The van der Waals surface area contributed by atoms with Crippen LogP contribution in [0.5, 0.6) is 0 Å². The number of sulfone groups is 1. The van der Waals surface area contributed by atoms with Gasteiger partial charge in [-0.05, 0) is 30.2 Å². The smallest absolute Gasteiger partial charge is 0.251 e. The molecule has 0 bridgehead atoms. The molecule has 2 N–H and O–H groups in total. The molecular weight excluding hydrogens is 364 g/mol. The van der Waals surface area contributed by atoms with Crippen molar-refractivity contribution in [2.45, 2.75) is 24.0 Å². The van der Waals surface area contributed by atoms with Gasteiger partial charge in [0.1, 0.15) is 6.10 Å². The highest BCUT2D eigenvalue weighted by molar-refractivity contribution is 7.90. The van der Waals surface area contributed by atoms with Gasteiger partial charge in [-0.3, -0.25) is 4.79 Å². The van der Waals surface area contributed by atoms with E-state index >= 15 is 0 Å². The van der Waals surface area contributed by atoms with Crippen molar-refractivity contribution in [1.29, 1.82) is 0 Å². The number of carbonyl (C=O) groups is 1. The standard InChI is InChI=1S/C20H24N2O4S/c1-14-6-8-15(9-7-14)19(22-20(23)18-13-21-10-11-26-18)16-4-3-5-17(12-16)27(2,24)25/h3-9,12,18-19,21H,10-11,13H2,1-2H3,(H,22,23). The van der Waals surface area contributed by atoms with Crippen LogP contribution in [0.1, 0.15) is 22.7 Å². The van der Waals surface area contributed by atoms with Crippen molar-refractivity contribution in [1.82, 2.24) is 10.6 Å². The van der Waals surface area contributed by atoms with E-state index in [1.807, 2.05) is 37.3 Å². The van der Waals surface area contributed by atoms with E-state index in [4.69, 9.17) is 4.74 Å². The summed E-state index contributed by atoms with van der Waals surface area (Å²) < 4.78 is 29.4. The summed E-state index contributed by atoms with van der Waals surface area (Å²) in [6, 6.07) is 14.0. The van der Waals surface area contributed by atoms with E-state index in [0.717, 1.165) is 17.7 Å². The SMILES string of the molecule is Cc1ccc(C(NC(=O)C2CNCCO2)c2cccc(S(C)(=O)=O)c2)cc1. The minimum absolute atomic E-state index is 0.224. The number of rotatable bonds is 5. The first-order valence-electron chi connectivity index (χ1n) is 8.84. The van der Waals surface area contributed by atoms with E-state index in [-0.39, 0.29) is 10.8 Å². The maximum Gasteiger partial charge on any atom is 0.251 e. The Bertz CT molecular complexity index is 904. The number of morpholine rings is 1.